The van der Waals surface area contributed by atoms with Gasteiger partial charge in [0.15, 0.2) is 0 Å². The number of nitrogens with zero attached hydrogens (tertiary/aromatic N) is 1. The molecule has 1 heterocycles. The van der Waals surface area contributed by atoms with E-state index in [0.29, 0.717) is 30.3 Å². The normalized spacial score (nSPS) is 15.3. The number of carbonyl (C=O) groups excluding carboxylic acids is 1. The predicted molar refractivity (Wildman–Crippen MR) is 108 cm³/mol. The van der Waals surface area contributed by atoms with Crippen molar-refractivity contribution in [3.63, 3.8) is 0 Å². The van der Waals surface area contributed by atoms with E-state index in [1.54, 1.807) is 24.3 Å². The third-order valence-corrected chi connectivity index (χ3v) is 6.89. The van der Waals surface area contributed by atoms with Crippen LogP contribution in [0.5, 0.6) is 0 Å². The zero-order valence-electron chi connectivity index (χ0n) is 16.0. The average molecular weight is 387 g/mol. The fourth-order valence-corrected chi connectivity index (χ4v) is 4.91. The topological polar surface area (TPSA) is 66.5 Å². The lowest BCUT2D eigenvalue weighted by molar-refractivity contribution is 0.102. The van der Waals surface area contributed by atoms with Gasteiger partial charge in [-0.2, -0.15) is 4.31 Å². The predicted octanol–water partition coefficient (Wildman–Crippen LogP) is 4.16. The lowest BCUT2D eigenvalue weighted by Crippen LogP contribution is -2.27. The number of sulfonamides is 1. The quantitative estimate of drug-likeness (QED) is 0.839. The number of hydrogen-bond acceptors (Lipinski definition) is 3. The van der Waals surface area contributed by atoms with Crippen LogP contribution in [0.4, 0.5) is 5.69 Å². The molecule has 1 amide bonds. The van der Waals surface area contributed by atoms with Crippen molar-refractivity contribution in [2.75, 3.05) is 18.4 Å². The van der Waals surface area contributed by atoms with Gasteiger partial charge >= 0.3 is 0 Å². The maximum absolute atomic E-state index is 12.6. The smallest absolute Gasteiger partial charge is 0.255 e. The first-order valence-corrected chi connectivity index (χ1v) is 10.7. The summed E-state index contributed by atoms with van der Waals surface area (Å²) in [5, 5.41) is 2.84. The second-order valence-electron chi connectivity index (χ2n) is 7.32. The van der Waals surface area contributed by atoms with Crippen molar-refractivity contribution in [3.05, 3.63) is 59.2 Å². The highest BCUT2D eigenvalue weighted by Gasteiger charge is 2.26. The maximum Gasteiger partial charge on any atom is 0.255 e. The van der Waals surface area contributed by atoms with Gasteiger partial charge < -0.3 is 5.32 Å². The lowest BCUT2D eigenvalue weighted by atomic mass is 9.95. The number of amides is 1. The van der Waals surface area contributed by atoms with Crippen LogP contribution in [0.1, 0.15) is 54.1 Å². The molecule has 6 heteroatoms. The first-order chi connectivity index (χ1) is 12.8. The van der Waals surface area contributed by atoms with Gasteiger partial charge in [0.1, 0.15) is 0 Å². The van der Waals surface area contributed by atoms with Crippen LogP contribution in [0, 0.1) is 6.92 Å². The lowest BCUT2D eigenvalue weighted by Gasteiger charge is -2.16. The molecule has 0 unspecified atom stereocenters. The molecular formula is C21H26N2O3S. The SMILES string of the molecule is Cc1ccc(C(=O)Nc2ccc(S(=O)(=O)N3CCCC3)cc2)cc1C(C)C. The number of hydrogen-bond donors (Lipinski definition) is 1. The molecule has 1 aliphatic heterocycles. The van der Waals surface area contributed by atoms with Crippen molar-refractivity contribution < 1.29 is 13.2 Å². The summed E-state index contributed by atoms with van der Waals surface area (Å²) in [5.74, 6) is 0.139. The molecule has 144 valence electrons. The molecule has 1 aliphatic rings. The van der Waals surface area contributed by atoms with Gasteiger partial charge in [0, 0.05) is 24.3 Å². The van der Waals surface area contributed by atoms with Crippen LogP contribution in [0.15, 0.2) is 47.4 Å². The molecule has 1 N–H and O–H groups in total. The van der Waals surface area contributed by atoms with Crippen molar-refractivity contribution in [2.45, 2.75) is 44.4 Å². The van der Waals surface area contributed by atoms with Crippen molar-refractivity contribution >= 4 is 21.6 Å². The van der Waals surface area contributed by atoms with Gasteiger partial charge in [-0.3, -0.25) is 4.79 Å². The first-order valence-electron chi connectivity index (χ1n) is 9.31. The highest BCUT2D eigenvalue weighted by molar-refractivity contribution is 7.89. The Bertz CT molecular complexity index is 928. The molecule has 0 bridgehead atoms. The molecule has 0 atom stereocenters. The Labute approximate surface area is 161 Å². The molecule has 0 saturated carbocycles. The second-order valence-corrected chi connectivity index (χ2v) is 9.25. The molecule has 3 rings (SSSR count). The maximum atomic E-state index is 12.6. The van der Waals surface area contributed by atoms with E-state index in [4.69, 9.17) is 0 Å². The van der Waals surface area contributed by atoms with Gasteiger partial charge in [-0.1, -0.05) is 19.9 Å². The van der Waals surface area contributed by atoms with E-state index in [0.717, 1.165) is 24.0 Å². The highest BCUT2D eigenvalue weighted by Crippen LogP contribution is 2.23. The van der Waals surface area contributed by atoms with Gasteiger partial charge in [0.05, 0.1) is 4.90 Å². The minimum absolute atomic E-state index is 0.202. The second kappa shape index (κ2) is 7.82. The highest BCUT2D eigenvalue weighted by atomic mass is 32.2. The first kappa shape index (κ1) is 19.6. The van der Waals surface area contributed by atoms with E-state index >= 15 is 0 Å². The Morgan fingerprint density at radius 3 is 2.26 bits per heavy atom. The van der Waals surface area contributed by atoms with Crippen LogP contribution < -0.4 is 5.32 Å². The Kier molecular flexibility index (Phi) is 5.67. The monoisotopic (exact) mass is 386 g/mol. The summed E-state index contributed by atoms with van der Waals surface area (Å²) in [7, 11) is -3.44. The molecule has 0 aromatic heterocycles. The molecule has 0 spiro atoms. The summed E-state index contributed by atoms with van der Waals surface area (Å²) in [6.45, 7) is 7.39. The third-order valence-electron chi connectivity index (χ3n) is 4.98. The Morgan fingerprint density at radius 2 is 1.67 bits per heavy atom. The summed E-state index contributed by atoms with van der Waals surface area (Å²) in [5.41, 5.74) is 3.48. The molecule has 5 nitrogen and oxygen atoms in total. The third kappa shape index (κ3) is 4.22. The average Bonchev–Trinajstić information content (AvgIpc) is 3.18. The van der Waals surface area contributed by atoms with E-state index in [9.17, 15) is 13.2 Å². The van der Waals surface area contributed by atoms with Gasteiger partial charge in [-0.15, -0.1) is 0 Å². The fraction of sp³-hybridized carbons (Fsp3) is 0.381. The number of nitrogens with one attached hydrogen (secondary N) is 1. The summed E-state index contributed by atoms with van der Waals surface area (Å²) in [6, 6.07) is 12.1. The summed E-state index contributed by atoms with van der Waals surface area (Å²) in [6.07, 6.45) is 1.81. The van der Waals surface area contributed by atoms with E-state index in [2.05, 4.69) is 19.2 Å². The van der Waals surface area contributed by atoms with Gasteiger partial charge in [-0.05, 0) is 73.2 Å². The number of aryl methyl sites for hydroxylation is 1. The standard InChI is InChI=1S/C21H26N2O3S/c1-15(2)20-14-17(7-6-16(20)3)21(24)22-18-8-10-19(11-9-18)27(25,26)23-12-4-5-13-23/h6-11,14-15H,4-5,12-13H2,1-3H3,(H,22,24). The Morgan fingerprint density at radius 1 is 1.04 bits per heavy atom. The number of carbonyl (C=O) groups is 1. The molecule has 2 aromatic carbocycles. The van der Waals surface area contributed by atoms with Gasteiger partial charge in [-0.25, -0.2) is 8.42 Å². The minimum atomic E-state index is -3.44. The number of rotatable bonds is 5. The molecule has 2 aromatic rings. The zero-order chi connectivity index (χ0) is 19.6. The van der Waals surface area contributed by atoms with Gasteiger partial charge in [0.25, 0.3) is 5.91 Å². The largest absolute Gasteiger partial charge is 0.322 e. The summed E-state index contributed by atoms with van der Waals surface area (Å²) < 4.78 is 26.6. The number of benzene rings is 2. The summed E-state index contributed by atoms with van der Waals surface area (Å²) in [4.78, 5) is 12.8. The van der Waals surface area contributed by atoms with Gasteiger partial charge in [0.2, 0.25) is 10.0 Å². The van der Waals surface area contributed by atoms with E-state index < -0.39 is 10.0 Å². The van der Waals surface area contributed by atoms with E-state index in [-0.39, 0.29) is 10.8 Å². The van der Waals surface area contributed by atoms with Crippen LogP contribution in [-0.2, 0) is 10.0 Å². The van der Waals surface area contributed by atoms with E-state index in [1.807, 2.05) is 25.1 Å². The molecule has 0 radical (unpaired) electrons. The van der Waals surface area contributed by atoms with Crippen LogP contribution in [0.2, 0.25) is 0 Å². The fourth-order valence-electron chi connectivity index (χ4n) is 3.39. The van der Waals surface area contributed by atoms with Crippen LogP contribution in [0.25, 0.3) is 0 Å². The molecule has 0 aliphatic carbocycles. The summed E-state index contributed by atoms with van der Waals surface area (Å²) >= 11 is 0. The zero-order valence-corrected chi connectivity index (χ0v) is 16.8. The Hall–Kier alpha value is -2.18. The molecule has 27 heavy (non-hydrogen) atoms. The van der Waals surface area contributed by atoms with Crippen molar-refractivity contribution in [2.24, 2.45) is 0 Å². The van der Waals surface area contributed by atoms with E-state index in [1.165, 1.54) is 4.31 Å². The van der Waals surface area contributed by atoms with Crippen LogP contribution in [0.3, 0.4) is 0 Å². The Balaban J connectivity index is 1.75. The van der Waals surface area contributed by atoms with Crippen LogP contribution in [-0.4, -0.2) is 31.7 Å². The van der Waals surface area contributed by atoms with Crippen molar-refractivity contribution in [1.82, 2.24) is 4.31 Å². The molecule has 1 fully saturated rings. The molecule has 1 saturated heterocycles. The van der Waals surface area contributed by atoms with Crippen LogP contribution >= 0.6 is 0 Å². The minimum Gasteiger partial charge on any atom is -0.322 e. The van der Waals surface area contributed by atoms with Crippen molar-refractivity contribution in [1.29, 1.82) is 0 Å². The number of anilines is 1. The molecular weight excluding hydrogens is 360 g/mol. The van der Waals surface area contributed by atoms with Crippen molar-refractivity contribution in [3.8, 4) is 0 Å².